The molecule has 0 radical (unpaired) electrons. The van der Waals surface area contributed by atoms with Crippen molar-refractivity contribution in [2.75, 3.05) is 6.54 Å². The predicted octanol–water partition coefficient (Wildman–Crippen LogP) is 3.60. The minimum Gasteiger partial charge on any atom is -0.350 e. The normalized spacial score (nSPS) is 11.8. The van der Waals surface area contributed by atoms with Gasteiger partial charge in [-0.05, 0) is 31.0 Å². The molecule has 0 spiro atoms. The number of carbonyl (C=O) groups excluding carboxylic acids is 1. The molecule has 144 valence electrons. The Balaban J connectivity index is 1.85. The fraction of sp³-hybridized carbons (Fsp3) is 0.227. The number of carbonyl (C=O) groups is 1. The summed E-state index contributed by atoms with van der Waals surface area (Å²) < 4.78 is 15.4. The quantitative estimate of drug-likeness (QED) is 0.712. The van der Waals surface area contributed by atoms with Crippen LogP contribution in [-0.2, 0) is 0 Å². The van der Waals surface area contributed by atoms with Crippen molar-refractivity contribution in [1.29, 1.82) is 0 Å². The smallest absolute Gasteiger partial charge is 0.275 e. The maximum Gasteiger partial charge on any atom is 0.275 e. The standard InChI is InChI=1S/C22H22FN3O2/c1-3-16(17-9-5-4-6-10-17)14-24-22(28)21-20(27)13-15(2)26(25-21)19-12-8-7-11-18(19)23/h4-13,16H,3,14H2,1-2H3,(H,24,28)/t16-/m1/s1. The molecule has 1 atom stereocenters. The van der Waals surface area contributed by atoms with E-state index in [0.29, 0.717) is 12.2 Å². The fourth-order valence-corrected chi connectivity index (χ4v) is 3.09. The van der Waals surface area contributed by atoms with E-state index in [9.17, 15) is 14.0 Å². The van der Waals surface area contributed by atoms with Crippen LogP contribution in [0.4, 0.5) is 4.39 Å². The van der Waals surface area contributed by atoms with Crippen molar-refractivity contribution in [3.63, 3.8) is 0 Å². The van der Waals surface area contributed by atoms with Gasteiger partial charge in [-0.3, -0.25) is 9.59 Å². The fourth-order valence-electron chi connectivity index (χ4n) is 3.09. The molecule has 28 heavy (non-hydrogen) atoms. The van der Waals surface area contributed by atoms with Crippen LogP contribution in [0.2, 0.25) is 0 Å². The van der Waals surface area contributed by atoms with E-state index >= 15 is 0 Å². The van der Waals surface area contributed by atoms with Gasteiger partial charge in [0.2, 0.25) is 5.43 Å². The summed E-state index contributed by atoms with van der Waals surface area (Å²) >= 11 is 0. The van der Waals surface area contributed by atoms with E-state index in [2.05, 4.69) is 10.4 Å². The highest BCUT2D eigenvalue weighted by Crippen LogP contribution is 2.18. The number of rotatable bonds is 6. The third-order valence-electron chi connectivity index (χ3n) is 4.68. The van der Waals surface area contributed by atoms with E-state index in [4.69, 9.17) is 0 Å². The average Bonchev–Trinajstić information content (AvgIpc) is 2.70. The molecule has 0 bridgehead atoms. The number of halogens is 1. The molecular formula is C22H22FN3O2. The van der Waals surface area contributed by atoms with Crippen molar-refractivity contribution >= 4 is 5.91 Å². The van der Waals surface area contributed by atoms with Crippen LogP contribution in [0.25, 0.3) is 5.69 Å². The minimum atomic E-state index is -0.565. The van der Waals surface area contributed by atoms with Crippen LogP contribution < -0.4 is 10.7 Å². The molecule has 1 heterocycles. The molecule has 0 unspecified atom stereocenters. The van der Waals surface area contributed by atoms with Crippen molar-refractivity contribution in [2.24, 2.45) is 0 Å². The topological polar surface area (TPSA) is 64.0 Å². The molecule has 3 rings (SSSR count). The van der Waals surface area contributed by atoms with Gasteiger partial charge in [0.1, 0.15) is 11.5 Å². The Labute approximate surface area is 162 Å². The van der Waals surface area contributed by atoms with Gasteiger partial charge < -0.3 is 5.32 Å². The first-order chi connectivity index (χ1) is 13.5. The lowest BCUT2D eigenvalue weighted by Gasteiger charge is -2.16. The van der Waals surface area contributed by atoms with E-state index < -0.39 is 17.2 Å². The van der Waals surface area contributed by atoms with E-state index in [1.54, 1.807) is 25.1 Å². The number of benzene rings is 2. The van der Waals surface area contributed by atoms with Crippen molar-refractivity contribution in [2.45, 2.75) is 26.2 Å². The summed E-state index contributed by atoms with van der Waals surface area (Å²) in [4.78, 5) is 24.9. The van der Waals surface area contributed by atoms with Crippen LogP contribution >= 0.6 is 0 Å². The maximum absolute atomic E-state index is 14.1. The monoisotopic (exact) mass is 379 g/mol. The van der Waals surface area contributed by atoms with Crippen molar-refractivity contribution in [3.05, 3.63) is 93.7 Å². The molecule has 0 aliphatic rings. The number of nitrogens with zero attached hydrogens (tertiary/aromatic N) is 2. The molecule has 0 aliphatic carbocycles. The summed E-state index contributed by atoms with van der Waals surface area (Å²) in [5, 5.41) is 6.92. The van der Waals surface area contributed by atoms with Gasteiger partial charge in [0.25, 0.3) is 5.91 Å². The summed E-state index contributed by atoms with van der Waals surface area (Å²) in [5.74, 6) is -0.919. The van der Waals surface area contributed by atoms with Crippen LogP contribution in [0.5, 0.6) is 0 Å². The number of para-hydroxylation sites is 1. The number of aryl methyl sites for hydroxylation is 1. The Bertz CT molecular complexity index is 1030. The highest BCUT2D eigenvalue weighted by molar-refractivity contribution is 5.92. The first-order valence-corrected chi connectivity index (χ1v) is 9.20. The Kier molecular flexibility index (Phi) is 5.99. The number of nitrogens with one attached hydrogen (secondary N) is 1. The van der Waals surface area contributed by atoms with Crippen LogP contribution in [0.3, 0.4) is 0 Å². The second-order valence-electron chi connectivity index (χ2n) is 6.59. The zero-order chi connectivity index (χ0) is 20.1. The molecule has 1 amide bonds. The Hall–Kier alpha value is -3.28. The number of aromatic nitrogens is 2. The predicted molar refractivity (Wildman–Crippen MR) is 106 cm³/mol. The van der Waals surface area contributed by atoms with Gasteiger partial charge in [-0.15, -0.1) is 0 Å². The SMILES string of the molecule is CC[C@H](CNC(=O)c1nn(-c2ccccc2F)c(C)cc1=O)c1ccccc1. The lowest BCUT2D eigenvalue weighted by Crippen LogP contribution is -2.34. The third-order valence-corrected chi connectivity index (χ3v) is 4.68. The van der Waals surface area contributed by atoms with Crippen LogP contribution in [0.1, 0.15) is 41.0 Å². The van der Waals surface area contributed by atoms with Crippen molar-refractivity contribution in [1.82, 2.24) is 15.1 Å². The molecule has 5 nitrogen and oxygen atoms in total. The molecule has 1 N–H and O–H groups in total. The Morgan fingerprint density at radius 1 is 1.14 bits per heavy atom. The van der Waals surface area contributed by atoms with E-state index in [1.807, 2.05) is 37.3 Å². The van der Waals surface area contributed by atoms with Crippen LogP contribution in [0, 0.1) is 12.7 Å². The molecule has 0 saturated heterocycles. The summed E-state index contributed by atoms with van der Waals surface area (Å²) in [7, 11) is 0. The van der Waals surface area contributed by atoms with E-state index in [-0.39, 0.29) is 17.3 Å². The van der Waals surface area contributed by atoms with Gasteiger partial charge in [-0.25, -0.2) is 9.07 Å². The van der Waals surface area contributed by atoms with Gasteiger partial charge in [0, 0.05) is 24.2 Å². The second kappa shape index (κ2) is 8.61. The lowest BCUT2D eigenvalue weighted by atomic mass is 9.96. The van der Waals surface area contributed by atoms with E-state index in [0.717, 1.165) is 12.0 Å². The van der Waals surface area contributed by atoms with Crippen LogP contribution in [-0.4, -0.2) is 22.2 Å². The number of amides is 1. The van der Waals surface area contributed by atoms with Gasteiger partial charge in [-0.1, -0.05) is 49.4 Å². The first-order valence-electron chi connectivity index (χ1n) is 9.20. The average molecular weight is 379 g/mol. The Morgan fingerprint density at radius 3 is 2.50 bits per heavy atom. The maximum atomic E-state index is 14.1. The Morgan fingerprint density at radius 2 is 1.82 bits per heavy atom. The summed E-state index contributed by atoms with van der Waals surface area (Å²) in [6, 6.07) is 17.2. The second-order valence-corrected chi connectivity index (χ2v) is 6.59. The lowest BCUT2D eigenvalue weighted by molar-refractivity contribution is 0.0943. The molecule has 0 saturated carbocycles. The summed E-state index contributed by atoms with van der Waals surface area (Å²) in [6.45, 7) is 4.07. The summed E-state index contributed by atoms with van der Waals surface area (Å²) in [6.07, 6.45) is 0.838. The number of hydrogen-bond acceptors (Lipinski definition) is 3. The van der Waals surface area contributed by atoms with Crippen molar-refractivity contribution < 1.29 is 9.18 Å². The molecular weight excluding hydrogens is 357 g/mol. The molecule has 2 aromatic carbocycles. The number of hydrogen-bond donors (Lipinski definition) is 1. The molecule has 6 heteroatoms. The van der Waals surface area contributed by atoms with Crippen LogP contribution in [0.15, 0.2) is 65.5 Å². The molecule has 0 fully saturated rings. The molecule has 3 aromatic rings. The highest BCUT2D eigenvalue weighted by atomic mass is 19.1. The van der Waals surface area contributed by atoms with Gasteiger partial charge >= 0.3 is 0 Å². The first kappa shape index (κ1) is 19.5. The van der Waals surface area contributed by atoms with E-state index in [1.165, 1.54) is 16.8 Å². The zero-order valence-electron chi connectivity index (χ0n) is 15.9. The third kappa shape index (κ3) is 4.17. The van der Waals surface area contributed by atoms with Crippen molar-refractivity contribution in [3.8, 4) is 5.69 Å². The molecule has 1 aromatic heterocycles. The van der Waals surface area contributed by atoms with Gasteiger partial charge in [0.15, 0.2) is 5.69 Å². The van der Waals surface area contributed by atoms with Gasteiger partial charge in [0.05, 0.1) is 0 Å². The highest BCUT2D eigenvalue weighted by Gasteiger charge is 2.18. The molecule has 0 aliphatic heterocycles. The van der Waals surface area contributed by atoms with Gasteiger partial charge in [-0.2, -0.15) is 5.10 Å². The summed E-state index contributed by atoms with van der Waals surface area (Å²) in [5.41, 5.74) is 1.00. The minimum absolute atomic E-state index is 0.129. The zero-order valence-corrected chi connectivity index (χ0v) is 15.9. The largest absolute Gasteiger partial charge is 0.350 e.